The largest absolute Gasteiger partial charge is 0.546 e. The number of ether oxygens (including phenoxy) is 1. The Labute approximate surface area is 130 Å². The standard InChI is InChI=1S/C17H30O3Si/c1-13(12-16(18)19-5)14-10-8-9-11-15(14)20-21(6,7)17(2,3)4/h11-12,14H,8-10H2,1-7H3/b13-12+. The Bertz CT molecular complexity index is 441. The zero-order valence-electron chi connectivity index (χ0n) is 14.6. The van der Waals surface area contributed by atoms with Crippen molar-refractivity contribution < 1.29 is 14.0 Å². The second kappa shape index (κ2) is 6.82. The van der Waals surface area contributed by atoms with Gasteiger partial charge in [0, 0.05) is 12.0 Å². The van der Waals surface area contributed by atoms with Gasteiger partial charge in [0.25, 0.3) is 0 Å². The SMILES string of the molecule is COC(=O)/C=C(\C)C1CCCC=C1O[Si](C)(C)C(C)(C)C. The van der Waals surface area contributed by atoms with Crippen LogP contribution in [0.3, 0.4) is 0 Å². The van der Waals surface area contributed by atoms with E-state index in [-0.39, 0.29) is 16.9 Å². The van der Waals surface area contributed by atoms with Gasteiger partial charge in [0.1, 0.15) is 0 Å². The summed E-state index contributed by atoms with van der Waals surface area (Å²) >= 11 is 0. The molecular formula is C17H30O3Si. The maximum Gasteiger partial charge on any atom is 0.330 e. The van der Waals surface area contributed by atoms with Crippen molar-refractivity contribution in [2.75, 3.05) is 7.11 Å². The van der Waals surface area contributed by atoms with Gasteiger partial charge in [-0.25, -0.2) is 4.79 Å². The van der Waals surface area contributed by atoms with Gasteiger partial charge in [0.2, 0.25) is 8.32 Å². The lowest BCUT2D eigenvalue weighted by atomic mass is 9.88. The Morgan fingerprint density at radius 3 is 2.52 bits per heavy atom. The summed E-state index contributed by atoms with van der Waals surface area (Å²) in [6.07, 6.45) is 7.05. The van der Waals surface area contributed by atoms with Crippen molar-refractivity contribution in [3.05, 3.63) is 23.5 Å². The third-order valence-corrected chi connectivity index (χ3v) is 9.02. The quantitative estimate of drug-likeness (QED) is 0.424. The van der Waals surface area contributed by atoms with Crippen molar-refractivity contribution in [1.29, 1.82) is 0 Å². The number of carbonyl (C=O) groups excluding carboxylic acids is 1. The summed E-state index contributed by atoms with van der Waals surface area (Å²) in [6, 6.07) is 0. The zero-order valence-corrected chi connectivity index (χ0v) is 15.6. The van der Waals surface area contributed by atoms with Gasteiger partial charge in [-0.3, -0.25) is 0 Å². The van der Waals surface area contributed by atoms with Gasteiger partial charge >= 0.3 is 5.97 Å². The van der Waals surface area contributed by atoms with Crippen LogP contribution in [0.2, 0.25) is 18.1 Å². The fraction of sp³-hybridized carbons (Fsp3) is 0.706. The first-order valence-electron chi connectivity index (χ1n) is 7.73. The molecule has 1 rings (SSSR count). The lowest BCUT2D eigenvalue weighted by Gasteiger charge is -2.40. The van der Waals surface area contributed by atoms with Crippen molar-refractivity contribution in [1.82, 2.24) is 0 Å². The molecule has 4 heteroatoms. The first kappa shape index (κ1) is 18.0. The number of esters is 1. The summed E-state index contributed by atoms with van der Waals surface area (Å²) in [5.41, 5.74) is 1.03. The topological polar surface area (TPSA) is 35.5 Å². The molecule has 0 saturated heterocycles. The van der Waals surface area contributed by atoms with E-state index in [0.29, 0.717) is 0 Å². The van der Waals surface area contributed by atoms with Gasteiger partial charge in [-0.2, -0.15) is 0 Å². The predicted molar refractivity (Wildman–Crippen MR) is 89.5 cm³/mol. The van der Waals surface area contributed by atoms with Crippen LogP contribution in [0.15, 0.2) is 23.5 Å². The van der Waals surface area contributed by atoms with Gasteiger partial charge < -0.3 is 9.16 Å². The average Bonchev–Trinajstić information content (AvgIpc) is 2.37. The van der Waals surface area contributed by atoms with Crippen molar-refractivity contribution in [2.24, 2.45) is 5.92 Å². The van der Waals surface area contributed by atoms with Gasteiger partial charge in [-0.05, 0) is 50.4 Å². The van der Waals surface area contributed by atoms with Crippen LogP contribution in [0.5, 0.6) is 0 Å². The van der Waals surface area contributed by atoms with Gasteiger partial charge in [0.05, 0.1) is 12.9 Å². The van der Waals surface area contributed by atoms with Crippen LogP contribution in [-0.4, -0.2) is 21.4 Å². The third-order valence-electron chi connectivity index (χ3n) is 4.66. The maximum absolute atomic E-state index is 11.5. The van der Waals surface area contributed by atoms with E-state index in [2.05, 4.69) is 39.9 Å². The monoisotopic (exact) mass is 310 g/mol. The Hall–Kier alpha value is -1.03. The minimum absolute atomic E-state index is 0.176. The molecule has 0 aromatic carbocycles. The minimum Gasteiger partial charge on any atom is -0.546 e. The molecule has 3 nitrogen and oxygen atoms in total. The molecule has 0 amide bonds. The van der Waals surface area contributed by atoms with E-state index in [1.165, 1.54) is 7.11 Å². The fourth-order valence-electron chi connectivity index (χ4n) is 2.21. The van der Waals surface area contributed by atoms with Gasteiger partial charge in [-0.1, -0.05) is 26.3 Å². The van der Waals surface area contributed by atoms with Crippen LogP contribution >= 0.6 is 0 Å². The first-order chi connectivity index (χ1) is 9.58. The molecule has 1 atom stereocenters. The van der Waals surface area contributed by atoms with Crippen LogP contribution < -0.4 is 0 Å². The summed E-state index contributed by atoms with van der Waals surface area (Å²) in [4.78, 5) is 11.5. The molecule has 0 N–H and O–H groups in total. The number of rotatable bonds is 4. The molecule has 1 aliphatic carbocycles. The lowest BCUT2D eigenvalue weighted by Crippen LogP contribution is -2.41. The third kappa shape index (κ3) is 4.73. The lowest BCUT2D eigenvalue weighted by molar-refractivity contribution is -0.134. The second-order valence-electron chi connectivity index (χ2n) is 7.36. The van der Waals surface area contributed by atoms with Crippen molar-refractivity contribution >= 4 is 14.3 Å². The Kier molecular flexibility index (Phi) is 5.85. The van der Waals surface area contributed by atoms with Gasteiger partial charge in [-0.15, -0.1) is 0 Å². The first-order valence-corrected chi connectivity index (χ1v) is 10.6. The number of hydrogen-bond acceptors (Lipinski definition) is 3. The molecule has 0 spiro atoms. The minimum atomic E-state index is -1.84. The predicted octanol–water partition coefficient (Wildman–Crippen LogP) is 4.81. The smallest absolute Gasteiger partial charge is 0.330 e. The summed E-state index contributed by atoms with van der Waals surface area (Å²) in [5, 5.41) is 0.176. The number of allylic oxidation sites excluding steroid dienone is 2. The molecular weight excluding hydrogens is 280 g/mol. The highest BCUT2D eigenvalue weighted by atomic mass is 28.4. The van der Waals surface area contributed by atoms with Crippen LogP contribution in [0.4, 0.5) is 0 Å². The molecule has 0 saturated carbocycles. The van der Waals surface area contributed by atoms with Crippen molar-refractivity contribution in [3.8, 4) is 0 Å². The number of methoxy groups -OCH3 is 1. The summed E-state index contributed by atoms with van der Waals surface area (Å²) in [5.74, 6) is 0.988. The molecule has 0 aliphatic heterocycles. The highest BCUT2D eigenvalue weighted by molar-refractivity contribution is 6.74. The van der Waals surface area contributed by atoms with E-state index in [0.717, 1.165) is 30.6 Å². The number of hydrogen-bond donors (Lipinski definition) is 0. The Balaban J connectivity index is 2.96. The molecule has 120 valence electrons. The molecule has 0 fully saturated rings. The number of carbonyl (C=O) groups is 1. The highest BCUT2D eigenvalue weighted by Gasteiger charge is 2.40. The van der Waals surface area contributed by atoms with Crippen molar-refractivity contribution in [2.45, 2.75) is 65.1 Å². The Morgan fingerprint density at radius 2 is 2.00 bits per heavy atom. The molecule has 0 radical (unpaired) electrons. The van der Waals surface area contributed by atoms with E-state index in [1.54, 1.807) is 6.08 Å². The summed E-state index contributed by atoms with van der Waals surface area (Å²) in [7, 11) is -0.427. The van der Waals surface area contributed by atoms with E-state index in [4.69, 9.17) is 9.16 Å². The van der Waals surface area contributed by atoms with E-state index in [1.807, 2.05) is 6.92 Å². The Morgan fingerprint density at radius 1 is 1.38 bits per heavy atom. The summed E-state index contributed by atoms with van der Waals surface area (Å²) < 4.78 is 11.2. The van der Waals surface area contributed by atoms with Crippen LogP contribution in [-0.2, 0) is 14.0 Å². The molecule has 1 aliphatic rings. The highest BCUT2D eigenvalue weighted by Crippen LogP contribution is 2.41. The van der Waals surface area contributed by atoms with Gasteiger partial charge in [0.15, 0.2) is 0 Å². The molecule has 21 heavy (non-hydrogen) atoms. The summed E-state index contributed by atoms with van der Waals surface area (Å²) in [6.45, 7) is 13.3. The molecule has 0 heterocycles. The zero-order chi connectivity index (χ0) is 16.3. The van der Waals surface area contributed by atoms with Crippen LogP contribution in [0, 0.1) is 5.92 Å². The fourth-order valence-corrected chi connectivity index (χ4v) is 3.33. The van der Waals surface area contributed by atoms with Crippen molar-refractivity contribution in [3.63, 3.8) is 0 Å². The normalized spacial score (nSPS) is 20.8. The molecule has 0 aromatic heterocycles. The second-order valence-corrected chi connectivity index (χ2v) is 12.1. The van der Waals surface area contributed by atoms with Crippen LogP contribution in [0.1, 0.15) is 47.0 Å². The maximum atomic E-state index is 11.5. The molecule has 0 bridgehead atoms. The van der Waals surface area contributed by atoms with E-state index >= 15 is 0 Å². The average molecular weight is 311 g/mol. The molecule has 1 unspecified atom stereocenters. The van der Waals surface area contributed by atoms with Crippen LogP contribution in [0.25, 0.3) is 0 Å². The molecule has 0 aromatic rings. The van der Waals surface area contributed by atoms with E-state index in [9.17, 15) is 4.79 Å². The van der Waals surface area contributed by atoms with E-state index < -0.39 is 8.32 Å².